The molecule has 14 rings (SSSR count). The van der Waals surface area contributed by atoms with Crippen LogP contribution in [0.3, 0.4) is 0 Å². The highest BCUT2D eigenvalue weighted by Crippen LogP contribution is 2.51. The normalized spacial score (nSPS) is 15.4. The van der Waals surface area contributed by atoms with E-state index in [-0.39, 0.29) is 0 Å². The van der Waals surface area contributed by atoms with Gasteiger partial charge in [-0.2, -0.15) is 48.2 Å². The van der Waals surface area contributed by atoms with Crippen molar-refractivity contribution < 1.29 is 13.2 Å². The molecule has 77 heavy (non-hydrogen) atoms. The van der Waals surface area contributed by atoms with Crippen LogP contribution in [0.15, 0.2) is 96.9 Å². The lowest BCUT2D eigenvalue weighted by Gasteiger charge is -2.21. The minimum Gasteiger partial charge on any atom is -0.242 e. The molecule has 10 aromatic rings. The number of hydrogen-bond acceptors (Lipinski definition) is 27. The summed E-state index contributed by atoms with van der Waals surface area (Å²) in [6, 6.07) is 10.0. The summed E-state index contributed by atoms with van der Waals surface area (Å²) in [6.45, 7) is 2.23. The smallest absolute Gasteiger partial charge is 0.242 e. The van der Waals surface area contributed by atoms with Gasteiger partial charge in [0.05, 0.1) is 0 Å². The van der Waals surface area contributed by atoms with E-state index in [9.17, 15) is 13.2 Å². The highest BCUT2D eigenvalue weighted by atomic mass is 32.2. The van der Waals surface area contributed by atoms with Crippen LogP contribution < -0.4 is 0 Å². The predicted octanol–water partition coefficient (Wildman–Crippen LogP) is 15.3. The third-order valence-electron chi connectivity index (χ3n) is 12.1. The van der Waals surface area contributed by atoms with Gasteiger partial charge in [0.2, 0.25) is 5.01 Å². The van der Waals surface area contributed by atoms with E-state index in [1.807, 2.05) is 42.0 Å². The summed E-state index contributed by atoms with van der Waals surface area (Å²) in [7, 11) is 0. The number of thiazole rings is 1. The second-order valence-corrected chi connectivity index (χ2v) is 25.3. The lowest BCUT2D eigenvalue weighted by atomic mass is 9.86. The zero-order chi connectivity index (χ0) is 53.8. The Morgan fingerprint density at radius 1 is 0.494 bits per heavy atom. The molecule has 0 aliphatic heterocycles. The molecule has 0 spiro atoms. The minimum absolute atomic E-state index is 0.344. The SMILES string of the molecule is CCC1(c2ncns2)CC1.CSc1ncns1.FC(F)(F)c1ncns1.c1ccc(-c2ncns2)cc1.c1csc(-c2ncns2)n1.c1nsc(C2CCC2)n1.c1nsc(C2CCCC2)n1.c1nsc(C2CCCCC2)n1. The van der Waals surface area contributed by atoms with Crippen molar-refractivity contribution in [2.45, 2.75) is 137 Å². The predicted molar refractivity (Wildman–Crippen MR) is 307 cm³/mol. The van der Waals surface area contributed by atoms with Crippen LogP contribution in [0.25, 0.3) is 20.6 Å². The highest BCUT2D eigenvalue weighted by molar-refractivity contribution is 8.00. The number of thioether (sulfide) groups is 1. The molecule has 0 unspecified atom stereocenters. The second kappa shape index (κ2) is 33.2. The third kappa shape index (κ3) is 20.6. The largest absolute Gasteiger partial charge is 0.444 e. The molecule has 9 heterocycles. The molecule has 30 heteroatoms. The highest BCUT2D eigenvalue weighted by Gasteiger charge is 2.45. The maximum absolute atomic E-state index is 11.5. The topological polar surface area (TPSA) is 219 Å². The van der Waals surface area contributed by atoms with Gasteiger partial charge in [0.1, 0.15) is 75.7 Å². The molecule has 0 amide bonds. The molecule has 4 fully saturated rings. The van der Waals surface area contributed by atoms with Crippen molar-refractivity contribution in [3.05, 3.63) is 118 Å². The first kappa shape index (κ1) is 60.1. The van der Waals surface area contributed by atoms with Crippen molar-refractivity contribution in [1.29, 1.82) is 0 Å². The van der Waals surface area contributed by atoms with Crippen molar-refractivity contribution in [3.8, 4) is 20.6 Å². The Bertz CT molecular complexity index is 2860. The van der Waals surface area contributed by atoms with Crippen LogP contribution in [-0.4, -0.2) is 86.1 Å². The standard InChI is InChI=1S/C8H12N2S.C8H6N2S.2C7H10N2S.C6H8N2S.C5H3N3S2.C3HF3N2S.C3H4N2S2/c2*1-2-4-7(5-3-1)8-9-6-10-11-8;1-2-7(3-4-7)6-8-5-9-10-6;1-2-4-6(3-1)7-8-5-9-10-7;1-2-5(3-1)6-7-4-8-9-6;1-2-9-4(6-1)5-7-3-8-10-5;4-3(5,6)2-7-1-8-9-2;1-6-3-4-2-5-7-3/h6-7H,1-5H2;1-6H;5H,2-4H2,1H3;5-6H,1-4H2;4-5H,1-3H2;1-3H;1H;2H,1H3. The number of hydrogen-bond donors (Lipinski definition) is 0. The van der Waals surface area contributed by atoms with E-state index in [0.717, 1.165) is 49.0 Å². The average Bonchev–Trinajstić information content (AvgIpc) is 4.32. The van der Waals surface area contributed by atoms with Gasteiger partial charge in [-0.1, -0.05) is 87.5 Å². The zero-order valence-corrected chi connectivity index (χ0v) is 50.0. The van der Waals surface area contributed by atoms with E-state index in [2.05, 4.69) is 86.8 Å². The number of nitrogens with zero attached hydrogens (tertiary/aromatic N) is 17. The molecule has 0 saturated heterocycles. The van der Waals surface area contributed by atoms with E-state index in [1.54, 1.807) is 120 Å². The third-order valence-corrected chi connectivity index (χ3v) is 20.1. The van der Waals surface area contributed by atoms with Crippen molar-refractivity contribution in [1.82, 2.24) is 79.8 Å². The van der Waals surface area contributed by atoms with Gasteiger partial charge in [0.15, 0.2) is 14.4 Å². The number of halogens is 3. The van der Waals surface area contributed by atoms with E-state index in [1.165, 1.54) is 151 Å². The first-order valence-electron chi connectivity index (χ1n) is 24.4. The second-order valence-electron chi connectivity index (χ2n) is 17.0. The zero-order valence-electron chi connectivity index (χ0n) is 41.8. The molecule has 17 nitrogen and oxygen atoms in total. The summed E-state index contributed by atoms with van der Waals surface area (Å²) >= 11 is 14.0. The molecular formula is C47H54F3N17S10. The van der Waals surface area contributed by atoms with Crippen molar-refractivity contribution >= 4 is 115 Å². The Balaban J connectivity index is 0.000000128. The first-order valence-corrected chi connectivity index (χ1v) is 32.7. The number of alkyl halides is 3. The van der Waals surface area contributed by atoms with Gasteiger partial charge in [-0.3, -0.25) is 0 Å². The Kier molecular flexibility index (Phi) is 25.9. The maximum Gasteiger partial charge on any atom is 0.444 e. The van der Waals surface area contributed by atoms with Crippen molar-refractivity contribution in [3.63, 3.8) is 0 Å². The Labute approximate surface area is 485 Å². The summed E-state index contributed by atoms with van der Waals surface area (Å²) < 4.78 is 66.4. The fraction of sp³-hybridized carbons (Fsp3) is 0.468. The number of aromatic nitrogens is 17. The minimum atomic E-state index is -4.33. The van der Waals surface area contributed by atoms with Gasteiger partial charge in [-0.25, -0.2) is 44.9 Å². The fourth-order valence-electron chi connectivity index (χ4n) is 7.57. The van der Waals surface area contributed by atoms with Crippen LogP contribution in [0.4, 0.5) is 13.2 Å². The van der Waals surface area contributed by atoms with Crippen LogP contribution in [0.5, 0.6) is 0 Å². The quantitative estimate of drug-likeness (QED) is 0.129. The molecule has 4 aliphatic rings. The molecule has 0 bridgehead atoms. The maximum atomic E-state index is 11.5. The molecule has 0 atom stereocenters. The summed E-state index contributed by atoms with van der Waals surface area (Å²) in [6.07, 6.45) is 31.8. The Morgan fingerprint density at radius 3 is 1.34 bits per heavy atom. The molecule has 1 aromatic carbocycles. The average molecular weight is 1230 g/mol. The Morgan fingerprint density at radius 2 is 0.974 bits per heavy atom. The van der Waals surface area contributed by atoms with E-state index in [0.29, 0.717) is 16.9 Å². The van der Waals surface area contributed by atoms with Gasteiger partial charge in [0.25, 0.3) is 0 Å². The van der Waals surface area contributed by atoms with Gasteiger partial charge in [-0.15, -0.1) is 11.3 Å². The van der Waals surface area contributed by atoms with Gasteiger partial charge >= 0.3 is 6.18 Å². The summed E-state index contributed by atoms with van der Waals surface area (Å²) in [4.78, 5) is 35.9. The van der Waals surface area contributed by atoms with Crippen LogP contribution in [-0.2, 0) is 11.6 Å². The lowest BCUT2D eigenvalue weighted by molar-refractivity contribution is -0.137. The first-order chi connectivity index (χ1) is 37.7. The summed E-state index contributed by atoms with van der Waals surface area (Å²) in [5, 5.41) is 8.83. The van der Waals surface area contributed by atoms with Gasteiger partial charge in [-0.05, 0) is 156 Å². The number of rotatable bonds is 8. The molecule has 4 saturated carbocycles. The summed E-state index contributed by atoms with van der Waals surface area (Å²) in [5.74, 6) is 2.24. The van der Waals surface area contributed by atoms with Gasteiger partial charge < -0.3 is 0 Å². The van der Waals surface area contributed by atoms with E-state index in [4.69, 9.17) is 0 Å². The van der Waals surface area contributed by atoms with Crippen LogP contribution in [0.2, 0.25) is 0 Å². The van der Waals surface area contributed by atoms with Crippen molar-refractivity contribution in [2.75, 3.05) is 6.26 Å². The van der Waals surface area contributed by atoms with E-state index >= 15 is 0 Å². The Hall–Kier alpha value is -4.53. The fourth-order valence-corrected chi connectivity index (χ4v) is 13.4. The molecule has 0 radical (unpaired) electrons. The molecular weight excluding hydrogens is 1180 g/mol. The van der Waals surface area contributed by atoms with E-state index < -0.39 is 11.2 Å². The van der Waals surface area contributed by atoms with Crippen LogP contribution in [0.1, 0.15) is 146 Å². The number of benzene rings is 1. The molecule has 9 aromatic heterocycles. The van der Waals surface area contributed by atoms with Crippen LogP contribution >= 0.6 is 115 Å². The van der Waals surface area contributed by atoms with Crippen molar-refractivity contribution in [2.24, 2.45) is 0 Å². The molecule has 0 N–H and O–H groups in total. The molecule has 408 valence electrons. The lowest BCUT2D eigenvalue weighted by Crippen LogP contribution is -2.07. The van der Waals surface area contributed by atoms with Crippen LogP contribution in [0, 0.1) is 0 Å². The van der Waals surface area contributed by atoms with Gasteiger partial charge in [0, 0.05) is 40.3 Å². The monoisotopic (exact) mass is 1230 g/mol. The molecule has 4 aliphatic carbocycles. The summed E-state index contributed by atoms with van der Waals surface area (Å²) in [5.41, 5.74) is 1.59.